The summed E-state index contributed by atoms with van der Waals surface area (Å²) in [5.74, 6) is 0.845. The Balaban J connectivity index is 2.15. The molecule has 0 radical (unpaired) electrons. The van der Waals surface area contributed by atoms with Gasteiger partial charge in [0.25, 0.3) is 0 Å². The SMILES string of the molecule is Cc1ccn(Cc2ncccn2)c1. The van der Waals surface area contributed by atoms with E-state index in [2.05, 4.69) is 33.7 Å². The van der Waals surface area contributed by atoms with Crippen LogP contribution in [0.1, 0.15) is 11.4 Å². The Morgan fingerprint density at radius 1 is 1.31 bits per heavy atom. The standard InChI is InChI=1S/C10H11N3/c1-9-3-6-13(7-9)8-10-11-4-2-5-12-10/h2-7H,8H2,1H3. The summed E-state index contributed by atoms with van der Waals surface area (Å²) in [6, 6.07) is 3.90. The van der Waals surface area contributed by atoms with Crippen LogP contribution in [-0.2, 0) is 6.54 Å². The van der Waals surface area contributed by atoms with Gasteiger partial charge in [-0.15, -0.1) is 0 Å². The lowest BCUT2D eigenvalue weighted by Gasteiger charge is -1.99. The molecule has 66 valence electrons. The molecule has 0 bridgehead atoms. The minimum Gasteiger partial charge on any atom is -0.346 e. The van der Waals surface area contributed by atoms with Gasteiger partial charge >= 0.3 is 0 Å². The molecule has 2 rings (SSSR count). The van der Waals surface area contributed by atoms with Crippen LogP contribution in [0, 0.1) is 6.92 Å². The van der Waals surface area contributed by atoms with Gasteiger partial charge in [-0.25, -0.2) is 9.97 Å². The summed E-state index contributed by atoms with van der Waals surface area (Å²) in [5.41, 5.74) is 1.26. The first kappa shape index (κ1) is 7.98. The zero-order chi connectivity index (χ0) is 9.10. The van der Waals surface area contributed by atoms with Gasteiger partial charge in [-0.3, -0.25) is 0 Å². The number of hydrogen-bond acceptors (Lipinski definition) is 2. The molecule has 0 aliphatic heterocycles. The molecule has 2 aromatic rings. The summed E-state index contributed by atoms with van der Waals surface area (Å²) in [5, 5.41) is 0. The fraction of sp³-hybridized carbons (Fsp3) is 0.200. The topological polar surface area (TPSA) is 30.7 Å². The van der Waals surface area contributed by atoms with Crippen LogP contribution in [0.25, 0.3) is 0 Å². The molecule has 0 spiro atoms. The molecule has 3 heteroatoms. The van der Waals surface area contributed by atoms with Crippen molar-refractivity contribution in [2.75, 3.05) is 0 Å². The smallest absolute Gasteiger partial charge is 0.147 e. The lowest BCUT2D eigenvalue weighted by atomic mass is 10.4. The molecule has 0 unspecified atom stereocenters. The largest absolute Gasteiger partial charge is 0.346 e. The van der Waals surface area contributed by atoms with Gasteiger partial charge in [0.1, 0.15) is 5.82 Å². The van der Waals surface area contributed by atoms with Gasteiger partial charge in [-0.1, -0.05) is 0 Å². The number of aryl methyl sites for hydroxylation is 1. The fourth-order valence-electron chi connectivity index (χ4n) is 1.23. The molecule has 2 heterocycles. The van der Waals surface area contributed by atoms with Crippen LogP contribution in [0.2, 0.25) is 0 Å². The van der Waals surface area contributed by atoms with Crippen LogP contribution in [0.4, 0.5) is 0 Å². The normalized spacial score (nSPS) is 10.2. The molecule has 3 nitrogen and oxygen atoms in total. The van der Waals surface area contributed by atoms with E-state index in [1.807, 2.05) is 12.3 Å². The predicted molar refractivity (Wildman–Crippen MR) is 50.3 cm³/mol. The number of nitrogens with zero attached hydrogens (tertiary/aromatic N) is 3. The van der Waals surface area contributed by atoms with E-state index < -0.39 is 0 Å². The highest BCUT2D eigenvalue weighted by molar-refractivity contribution is 5.08. The highest BCUT2D eigenvalue weighted by Gasteiger charge is 1.95. The number of aromatic nitrogens is 3. The summed E-state index contributed by atoms with van der Waals surface area (Å²) >= 11 is 0. The average molecular weight is 173 g/mol. The summed E-state index contributed by atoms with van der Waals surface area (Å²) in [6.07, 6.45) is 7.64. The summed E-state index contributed by atoms with van der Waals surface area (Å²) in [4.78, 5) is 8.30. The second-order valence-electron chi connectivity index (χ2n) is 3.03. The van der Waals surface area contributed by atoms with Crippen molar-refractivity contribution < 1.29 is 0 Å². The average Bonchev–Trinajstić information content (AvgIpc) is 2.53. The predicted octanol–water partition coefficient (Wildman–Crippen LogP) is 1.63. The third kappa shape index (κ3) is 1.93. The summed E-state index contributed by atoms with van der Waals surface area (Å²) in [6.45, 7) is 2.82. The fourth-order valence-corrected chi connectivity index (χ4v) is 1.23. The monoisotopic (exact) mass is 173 g/mol. The first-order valence-corrected chi connectivity index (χ1v) is 4.23. The molecule has 0 aliphatic rings. The highest BCUT2D eigenvalue weighted by atomic mass is 15.0. The van der Waals surface area contributed by atoms with Gasteiger partial charge in [-0.05, 0) is 24.6 Å². The molecule has 13 heavy (non-hydrogen) atoms. The van der Waals surface area contributed by atoms with Gasteiger partial charge in [-0.2, -0.15) is 0 Å². The van der Waals surface area contributed by atoms with Crippen molar-refractivity contribution in [3.05, 3.63) is 48.3 Å². The quantitative estimate of drug-likeness (QED) is 0.691. The number of hydrogen-bond donors (Lipinski definition) is 0. The molecule has 0 fully saturated rings. The lowest BCUT2D eigenvalue weighted by molar-refractivity contribution is 0.747. The van der Waals surface area contributed by atoms with Gasteiger partial charge in [0.2, 0.25) is 0 Å². The number of rotatable bonds is 2. The molecule has 0 aromatic carbocycles. The molecule has 0 saturated carbocycles. The van der Waals surface area contributed by atoms with Crippen LogP contribution in [0.3, 0.4) is 0 Å². The van der Waals surface area contributed by atoms with Crippen molar-refractivity contribution in [3.8, 4) is 0 Å². The van der Waals surface area contributed by atoms with Crippen LogP contribution >= 0.6 is 0 Å². The maximum atomic E-state index is 4.15. The van der Waals surface area contributed by atoms with Crippen molar-refractivity contribution in [2.45, 2.75) is 13.5 Å². The first-order valence-electron chi connectivity index (χ1n) is 4.23. The molecular weight excluding hydrogens is 162 g/mol. The molecule has 0 saturated heterocycles. The zero-order valence-electron chi connectivity index (χ0n) is 7.51. The second-order valence-corrected chi connectivity index (χ2v) is 3.03. The van der Waals surface area contributed by atoms with E-state index in [9.17, 15) is 0 Å². The van der Waals surface area contributed by atoms with Crippen molar-refractivity contribution in [1.29, 1.82) is 0 Å². The minimum absolute atomic E-state index is 0.745. The Hall–Kier alpha value is -1.64. The van der Waals surface area contributed by atoms with E-state index >= 15 is 0 Å². The highest BCUT2D eigenvalue weighted by Crippen LogP contribution is 2.00. The summed E-state index contributed by atoms with van der Waals surface area (Å²) in [7, 11) is 0. The van der Waals surface area contributed by atoms with Gasteiger partial charge in [0, 0.05) is 24.8 Å². The van der Waals surface area contributed by atoms with Gasteiger partial charge < -0.3 is 4.57 Å². The molecule has 2 aromatic heterocycles. The van der Waals surface area contributed by atoms with Crippen LogP contribution in [0.5, 0.6) is 0 Å². The summed E-state index contributed by atoms with van der Waals surface area (Å²) < 4.78 is 2.07. The van der Waals surface area contributed by atoms with Gasteiger partial charge in [0.05, 0.1) is 6.54 Å². The molecule has 0 amide bonds. The van der Waals surface area contributed by atoms with E-state index in [-0.39, 0.29) is 0 Å². The molecule has 0 atom stereocenters. The molecule has 0 N–H and O–H groups in total. The Kier molecular flexibility index (Phi) is 2.08. The molecular formula is C10H11N3. The van der Waals surface area contributed by atoms with E-state index in [0.29, 0.717) is 0 Å². The van der Waals surface area contributed by atoms with E-state index in [1.54, 1.807) is 12.4 Å². The second kappa shape index (κ2) is 3.39. The van der Waals surface area contributed by atoms with Crippen LogP contribution in [0.15, 0.2) is 36.9 Å². The maximum Gasteiger partial charge on any atom is 0.147 e. The van der Waals surface area contributed by atoms with E-state index in [0.717, 1.165) is 12.4 Å². The van der Waals surface area contributed by atoms with E-state index in [1.165, 1.54) is 5.56 Å². The Morgan fingerprint density at radius 3 is 2.69 bits per heavy atom. The van der Waals surface area contributed by atoms with Crippen LogP contribution < -0.4 is 0 Å². The third-order valence-corrected chi connectivity index (χ3v) is 1.84. The van der Waals surface area contributed by atoms with E-state index in [4.69, 9.17) is 0 Å². The third-order valence-electron chi connectivity index (χ3n) is 1.84. The van der Waals surface area contributed by atoms with Crippen molar-refractivity contribution in [2.24, 2.45) is 0 Å². The lowest BCUT2D eigenvalue weighted by Crippen LogP contribution is -2.00. The van der Waals surface area contributed by atoms with Crippen molar-refractivity contribution >= 4 is 0 Å². The zero-order valence-corrected chi connectivity index (χ0v) is 7.51. The van der Waals surface area contributed by atoms with Crippen molar-refractivity contribution in [3.63, 3.8) is 0 Å². The Morgan fingerprint density at radius 2 is 2.08 bits per heavy atom. The molecule has 0 aliphatic carbocycles. The Bertz CT molecular complexity index is 378. The van der Waals surface area contributed by atoms with Crippen LogP contribution in [-0.4, -0.2) is 14.5 Å². The van der Waals surface area contributed by atoms with Crippen molar-refractivity contribution in [1.82, 2.24) is 14.5 Å². The minimum atomic E-state index is 0.745. The van der Waals surface area contributed by atoms with Gasteiger partial charge in [0.15, 0.2) is 0 Å². The first-order chi connectivity index (χ1) is 6.34. The Labute approximate surface area is 77.1 Å². The maximum absolute atomic E-state index is 4.15.